The maximum atomic E-state index is 13.6. The highest BCUT2D eigenvalue weighted by molar-refractivity contribution is 9.10. The number of nitrogens with one attached hydrogen (secondary N) is 2. The number of rotatable bonds is 3. The molecule has 0 fully saturated rings. The topological polar surface area (TPSA) is 58.2 Å². The van der Waals surface area contributed by atoms with E-state index < -0.39 is 17.6 Å². The Kier molecular flexibility index (Phi) is 5.51. The number of halogens is 3. The van der Waals surface area contributed by atoms with Crippen LogP contribution in [0.5, 0.6) is 0 Å². The Balaban J connectivity index is 1.93. The molecule has 0 unspecified atom stereocenters. The van der Waals surface area contributed by atoms with Crippen LogP contribution < -0.4 is 10.6 Å². The second kappa shape index (κ2) is 7.38. The molecule has 7 heteroatoms. The number of amides is 2. The largest absolute Gasteiger partial charge is 0.344 e. The van der Waals surface area contributed by atoms with Gasteiger partial charge in [-0.2, -0.15) is 0 Å². The highest BCUT2D eigenvalue weighted by Gasteiger charge is 2.15. The summed E-state index contributed by atoms with van der Waals surface area (Å²) in [6.45, 7) is 0.148. The number of hydrogen-bond acceptors (Lipinski definition) is 2. The first-order valence-electron chi connectivity index (χ1n) is 6.24. The monoisotopic (exact) mass is 384 g/mol. The minimum Gasteiger partial charge on any atom is -0.344 e. The SMILES string of the molecule is O=C(NCc1cccc(Cl)c1)C(=O)Nc1ccc(Br)cc1F. The molecule has 2 rings (SSSR count). The first-order chi connectivity index (χ1) is 10.5. The van der Waals surface area contributed by atoms with Crippen LogP contribution in [0.15, 0.2) is 46.9 Å². The third kappa shape index (κ3) is 4.54. The van der Waals surface area contributed by atoms with Gasteiger partial charge < -0.3 is 10.6 Å². The first-order valence-corrected chi connectivity index (χ1v) is 7.41. The summed E-state index contributed by atoms with van der Waals surface area (Å²) in [4.78, 5) is 23.4. The molecule has 2 aromatic rings. The van der Waals surface area contributed by atoms with Gasteiger partial charge in [0.25, 0.3) is 0 Å². The van der Waals surface area contributed by atoms with E-state index in [0.29, 0.717) is 9.50 Å². The van der Waals surface area contributed by atoms with Crippen molar-refractivity contribution < 1.29 is 14.0 Å². The second-order valence-electron chi connectivity index (χ2n) is 4.39. The van der Waals surface area contributed by atoms with Crippen LogP contribution >= 0.6 is 27.5 Å². The summed E-state index contributed by atoms with van der Waals surface area (Å²) in [6.07, 6.45) is 0. The lowest BCUT2D eigenvalue weighted by Gasteiger charge is -2.08. The van der Waals surface area contributed by atoms with E-state index >= 15 is 0 Å². The van der Waals surface area contributed by atoms with Crippen LogP contribution in [0.25, 0.3) is 0 Å². The van der Waals surface area contributed by atoms with Crippen molar-refractivity contribution in [3.05, 3.63) is 63.3 Å². The molecule has 0 atom stereocenters. The highest BCUT2D eigenvalue weighted by atomic mass is 79.9. The Hall–Kier alpha value is -1.92. The smallest absolute Gasteiger partial charge is 0.313 e. The molecule has 22 heavy (non-hydrogen) atoms. The summed E-state index contributed by atoms with van der Waals surface area (Å²) in [5, 5.41) is 5.18. The molecule has 0 saturated carbocycles. The molecule has 0 radical (unpaired) electrons. The first kappa shape index (κ1) is 16.5. The highest BCUT2D eigenvalue weighted by Crippen LogP contribution is 2.19. The number of carbonyl (C=O) groups excluding carboxylic acids is 2. The zero-order valence-corrected chi connectivity index (χ0v) is 13.5. The van der Waals surface area contributed by atoms with Gasteiger partial charge in [-0.05, 0) is 35.9 Å². The van der Waals surface area contributed by atoms with Crippen molar-refractivity contribution in [2.75, 3.05) is 5.32 Å². The maximum Gasteiger partial charge on any atom is 0.313 e. The van der Waals surface area contributed by atoms with Crippen molar-refractivity contribution in [1.82, 2.24) is 5.32 Å². The summed E-state index contributed by atoms with van der Waals surface area (Å²) in [7, 11) is 0. The van der Waals surface area contributed by atoms with E-state index in [2.05, 4.69) is 26.6 Å². The fourth-order valence-electron chi connectivity index (χ4n) is 1.68. The standard InChI is InChI=1S/C15H11BrClFN2O2/c16-10-4-5-13(12(18)7-10)20-15(22)14(21)19-8-9-2-1-3-11(17)6-9/h1-7H,8H2,(H,19,21)(H,20,22). The van der Waals surface area contributed by atoms with Crippen molar-refractivity contribution in [2.24, 2.45) is 0 Å². The fourth-order valence-corrected chi connectivity index (χ4v) is 2.23. The van der Waals surface area contributed by atoms with Gasteiger partial charge in [0.1, 0.15) is 5.82 Å². The summed E-state index contributed by atoms with van der Waals surface area (Å²) in [6, 6.07) is 11.0. The Labute approximate surface area is 139 Å². The van der Waals surface area contributed by atoms with E-state index in [9.17, 15) is 14.0 Å². The van der Waals surface area contributed by atoms with E-state index in [1.54, 1.807) is 30.3 Å². The zero-order chi connectivity index (χ0) is 16.1. The van der Waals surface area contributed by atoms with Gasteiger partial charge in [0.15, 0.2) is 0 Å². The Morgan fingerprint density at radius 1 is 1.14 bits per heavy atom. The quantitative estimate of drug-likeness (QED) is 0.795. The summed E-state index contributed by atoms with van der Waals surface area (Å²) in [5.74, 6) is -2.43. The van der Waals surface area contributed by atoms with Gasteiger partial charge in [-0.15, -0.1) is 0 Å². The van der Waals surface area contributed by atoms with Crippen molar-refractivity contribution in [1.29, 1.82) is 0 Å². The molecule has 0 aromatic heterocycles. The Morgan fingerprint density at radius 2 is 1.91 bits per heavy atom. The third-order valence-corrected chi connectivity index (χ3v) is 3.46. The predicted molar refractivity (Wildman–Crippen MR) is 86.0 cm³/mol. The lowest BCUT2D eigenvalue weighted by molar-refractivity contribution is -0.136. The average molecular weight is 386 g/mol. The zero-order valence-electron chi connectivity index (χ0n) is 11.2. The van der Waals surface area contributed by atoms with Gasteiger partial charge in [0, 0.05) is 16.0 Å². The van der Waals surface area contributed by atoms with E-state index in [4.69, 9.17) is 11.6 Å². The maximum absolute atomic E-state index is 13.6. The van der Waals surface area contributed by atoms with Crippen LogP contribution in [0.4, 0.5) is 10.1 Å². The normalized spacial score (nSPS) is 10.1. The fraction of sp³-hybridized carbons (Fsp3) is 0.0667. The van der Waals surface area contributed by atoms with E-state index in [0.717, 1.165) is 5.56 Å². The summed E-state index contributed by atoms with van der Waals surface area (Å²) in [5.41, 5.74) is 0.689. The molecule has 2 N–H and O–H groups in total. The molecule has 0 spiro atoms. The van der Waals surface area contributed by atoms with Crippen LogP contribution in [0, 0.1) is 5.82 Å². The van der Waals surface area contributed by atoms with Crippen molar-refractivity contribution in [2.45, 2.75) is 6.54 Å². The molecule has 0 aliphatic carbocycles. The van der Waals surface area contributed by atoms with Crippen molar-refractivity contribution >= 4 is 45.0 Å². The molecule has 2 amide bonds. The molecule has 0 saturated heterocycles. The Bertz CT molecular complexity index is 724. The molecular weight excluding hydrogens is 375 g/mol. The molecule has 0 bridgehead atoms. The van der Waals surface area contributed by atoms with E-state index in [1.165, 1.54) is 12.1 Å². The average Bonchev–Trinajstić information content (AvgIpc) is 2.47. The lowest BCUT2D eigenvalue weighted by Crippen LogP contribution is -2.35. The molecule has 2 aromatic carbocycles. The van der Waals surface area contributed by atoms with Gasteiger partial charge in [0.2, 0.25) is 0 Å². The molecule has 4 nitrogen and oxygen atoms in total. The van der Waals surface area contributed by atoms with E-state index in [-0.39, 0.29) is 12.2 Å². The van der Waals surface area contributed by atoms with Crippen molar-refractivity contribution in [3.63, 3.8) is 0 Å². The molecular formula is C15H11BrClFN2O2. The van der Waals surface area contributed by atoms with Gasteiger partial charge in [-0.25, -0.2) is 4.39 Å². The Morgan fingerprint density at radius 3 is 2.59 bits per heavy atom. The summed E-state index contributed by atoms with van der Waals surface area (Å²) < 4.78 is 14.1. The number of carbonyl (C=O) groups is 2. The van der Waals surface area contributed by atoms with Crippen LogP contribution in [0.1, 0.15) is 5.56 Å². The predicted octanol–water partition coefficient (Wildman–Crippen LogP) is 3.50. The second-order valence-corrected chi connectivity index (χ2v) is 5.74. The number of hydrogen-bond donors (Lipinski definition) is 2. The van der Waals surface area contributed by atoms with Gasteiger partial charge >= 0.3 is 11.8 Å². The van der Waals surface area contributed by atoms with Crippen molar-refractivity contribution in [3.8, 4) is 0 Å². The molecule has 0 aliphatic rings. The van der Waals surface area contributed by atoms with E-state index in [1.807, 2.05) is 0 Å². The third-order valence-electron chi connectivity index (χ3n) is 2.73. The van der Waals surface area contributed by atoms with Gasteiger partial charge in [-0.3, -0.25) is 9.59 Å². The molecule has 0 heterocycles. The van der Waals surface area contributed by atoms with Crippen LogP contribution in [0.2, 0.25) is 5.02 Å². The van der Waals surface area contributed by atoms with Gasteiger partial charge in [-0.1, -0.05) is 39.7 Å². The van der Waals surface area contributed by atoms with Crippen LogP contribution in [-0.4, -0.2) is 11.8 Å². The number of anilines is 1. The van der Waals surface area contributed by atoms with Crippen LogP contribution in [0.3, 0.4) is 0 Å². The van der Waals surface area contributed by atoms with Gasteiger partial charge in [0.05, 0.1) is 5.69 Å². The number of benzene rings is 2. The minimum absolute atomic E-state index is 0.0638. The molecule has 114 valence electrons. The molecule has 0 aliphatic heterocycles. The lowest BCUT2D eigenvalue weighted by atomic mass is 10.2. The minimum atomic E-state index is -0.941. The van der Waals surface area contributed by atoms with Crippen LogP contribution in [-0.2, 0) is 16.1 Å². The summed E-state index contributed by atoms with van der Waals surface area (Å²) >= 11 is 8.93.